The summed E-state index contributed by atoms with van der Waals surface area (Å²) in [6, 6.07) is 19.4. The lowest BCUT2D eigenvalue weighted by Gasteiger charge is -2.14. The molecule has 0 aliphatic rings. The fraction of sp³-hybridized carbons (Fsp3) is 0.227. The van der Waals surface area contributed by atoms with Crippen LogP contribution in [0.25, 0.3) is 0 Å². The zero-order valence-corrected chi connectivity index (χ0v) is 19.2. The molecule has 0 spiro atoms. The SMILES string of the molecule is CN=C(NCCNC(=O)c1ccccc1)NCc1ccccc1Cn1cccn1.I. The molecule has 2 aromatic carbocycles. The first-order valence-electron chi connectivity index (χ1n) is 9.58. The molecule has 30 heavy (non-hydrogen) atoms. The van der Waals surface area contributed by atoms with Gasteiger partial charge in [-0.05, 0) is 29.3 Å². The summed E-state index contributed by atoms with van der Waals surface area (Å²) in [5, 5.41) is 13.7. The Balaban J connectivity index is 0.00000320. The molecule has 0 aliphatic heterocycles. The van der Waals surface area contributed by atoms with Crippen LogP contribution in [0.3, 0.4) is 0 Å². The first kappa shape index (κ1) is 23.4. The van der Waals surface area contributed by atoms with Crippen molar-refractivity contribution in [1.82, 2.24) is 25.7 Å². The number of halogens is 1. The summed E-state index contributed by atoms with van der Waals surface area (Å²) in [4.78, 5) is 16.3. The molecular formula is C22H27IN6O. The van der Waals surface area contributed by atoms with Crippen LogP contribution in [0.5, 0.6) is 0 Å². The lowest BCUT2D eigenvalue weighted by atomic mass is 10.1. The average Bonchev–Trinajstić information content (AvgIpc) is 3.28. The monoisotopic (exact) mass is 518 g/mol. The molecule has 158 valence electrons. The van der Waals surface area contributed by atoms with Gasteiger partial charge in [0.2, 0.25) is 0 Å². The van der Waals surface area contributed by atoms with E-state index in [0.29, 0.717) is 31.2 Å². The molecule has 0 bridgehead atoms. The molecule has 1 aromatic heterocycles. The van der Waals surface area contributed by atoms with Gasteiger partial charge in [-0.15, -0.1) is 24.0 Å². The third-order valence-corrected chi connectivity index (χ3v) is 4.42. The molecule has 0 saturated heterocycles. The topological polar surface area (TPSA) is 83.3 Å². The minimum Gasteiger partial charge on any atom is -0.355 e. The van der Waals surface area contributed by atoms with Gasteiger partial charge in [0.25, 0.3) is 5.91 Å². The lowest BCUT2D eigenvalue weighted by Crippen LogP contribution is -2.41. The normalized spacial score (nSPS) is 10.8. The molecule has 0 saturated carbocycles. The van der Waals surface area contributed by atoms with E-state index >= 15 is 0 Å². The highest BCUT2D eigenvalue weighted by Gasteiger charge is 2.06. The van der Waals surface area contributed by atoms with E-state index in [1.165, 1.54) is 11.1 Å². The third kappa shape index (κ3) is 7.18. The Morgan fingerprint density at radius 2 is 1.63 bits per heavy atom. The van der Waals surface area contributed by atoms with Crippen LogP contribution in [0.4, 0.5) is 0 Å². The summed E-state index contributed by atoms with van der Waals surface area (Å²) in [5.41, 5.74) is 3.04. The molecule has 0 atom stereocenters. The average molecular weight is 518 g/mol. The van der Waals surface area contributed by atoms with Gasteiger partial charge in [-0.2, -0.15) is 5.10 Å². The summed E-state index contributed by atoms with van der Waals surface area (Å²) in [6.07, 6.45) is 3.73. The van der Waals surface area contributed by atoms with Crippen molar-refractivity contribution in [2.24, 2.45) is 4.99 Å². The van der Waals surface area contributed by atoms with Gasteiger partial charge in [0, 0.05) is 44.6 Å². The number of amides is 1. The van der Waals surface area contributed by atoms with Crippen molar-refractivity contribution in [2.75, 3.05) is 20.1 Å². The van der Waals surface area contributed by atoms with Gasteiger partial charge in [0.1, 0.15) is 0 Å². The van der Waals surface area contributed by atoms with Crippen LogP contribution >= 0.6 is 24.0 Å². The van der Waals surface area contributed by atoms with E-state index in [9.17, 15) is 4.79 Å². The second-order valence-corrected chi connectivity index (χ2v) is 6.45. The minimum absolute atomic E-state index is 0. The Morgan fingerprint density at radius 1 is 0.933 bits per heavy atom. The van der Waals surface area contributed by atoms with Crippen molar-refractivity contribution in [3.63, 3.8) is 0 Å². The maximum atomic E-state index is 12.0. The van der Waals surface area contributed by atoms with Crippen molar-refractivity contribution in [3.8, 4) is 0 Å². The highest BCUT2D eigenvalue weighted by molar-refractivity contribution is 14.0. The zero-order chi connectivity index (χ0) is 20.3. The van der Waals surface area contributed by atoms with Gasteiger partial charge in [0.15, 0.2) is 5.96 Å². The van der Waals surface area contributed by atoms with Gasteiger partial charge >= 0.3 is 0 Å². The van der Waals surface area contributed by atoms with Crippen molar-refractivity contribution < 1.29 is 4.79 Å². The standard InChI is InChI=1S/C22H26N6O.HI/c1-23-22(25-14-13-24-21(29)18-8-3-2-4-9-18)26-16-19-10-5-6-11-20(19)17-28-15-7-12-27-28;/h2-12,15H,13-14,16-17H2,1H3,(H,24,29)(H2,23,25,26);1H. The first-order valence-corrected chi connectivity index (χ1v) is 9.58. The smallest absolute Gasteiger partial charge is 0.251 e. The summed E-state index contributed by atoms with van der Waals surface area (Å²) in [5.74, 6) is 0.607. The Kier molecular flexibility index (Phi) is 9.85. The number of aromatic nitrogens is 2. The van der Waals surface area contributed by atoms with Crippen molar-refractivity contribution in [2.45, 2.75) is 13.1 Å². The number of hydrogen-bond acceptors (Lipinski definition) is 3. The molecule has 0 aliphatic carbocycles. The third-order valence-electron chi connectivity index (χ3n) is 4.42. The number of nitrogens with one attached hydrogen (secondary N) is 3. The number of carbonyl (C=O) groups excluding carboxylic acids is 1. The van der Waals surface area contributed by atoms with E-state index in [4.69, 9.17) is 0 Å². The Hall–Kier alpha value is -2.88. The van der Waals surface area contributed by atoms with Crippen LogP contribution in [0.1, 0.15) is 21.5 Å². The molecular weight excluding hydrogens is 491 g/mol. The molecule has 0 fully saturated rings. The van der Waals surface area contributed by atoms with Gasteiger partial charge in [-0.3, -0.25) is 14.5 Å². The van der Waals surface area contributed by atoms with E-state index in [0.717, 1.165) is 6.54 Å². The van der Waals surface area contributed by atoms with Crippen molar-refractivity contribution in [1.29, 1.82) is 0 Å². The second kappa shape index (κ2) is 12.6. The summed E-state index contributed by atoms with van der Waals surface area (Å²) in [7, 11) is 1.73. The number of nitrogens with zero attached hydrogens (tertiary/aromatic N) is 3. The fourth-order valence-corrected chi connectivity index (χ4v) is 2.90. The highest BCUT2D eigenvalue weighted by Crippen LogP contribution is 2.10. The summed E-state index contributed by atoms with van der Waals surface area (Å²) in [6.45, 7) is 2.45. The number of aliphatic imine (C=N–C) groups is 1. The first-order chi connectivity index (χ1) is 14.3. The van der Waals surface area contributed by atoms with E-state index in [1.54, 1.807) is 25.4 Å². The van der Waals surface area contributed by atoms with Crippen LogP contribution in [0.2, 0.25) is 0 Å². The Labute approximate surface area is 194 Å². The Morgan fingerprint density at radius 3 is 2.33 bits per heavy atom. The molecule has 3 rings (SSSR count). The van der Waals surface area contributed by atoms with Gasteiger partial charge in [-0.25, -0.2) is 0 Å². The predicted octanol–water partition coefficient (Wildman–Crippen LogP) is 2.64. The molecule has 1 heterocycles. The fourth-order valence-electron chi connectivity index (χ4n) is 2.90. The van der Waals surface area contributed by atoms with E-state index in [2.05, 4.69) is 38.2 Å². The maximum Gasteiger partial charge on any atom is 0.251 e. The van der Waals surface area contributed by atoms with E-state index in [1.807, 2.05) is 47.3 Å². The molecule has 0 unspecified atom stereocenters. The molecule has 1 amide bonds. The second-order valence-electron chi connectivity index (χ2n) is 6.45. The van der Waals surface area contributed by atoms with Crippen molar-refractivity contribution in [3.05, 3.63) is 89.7 Å². The van der Waals surface area contributed by atoms with Crippen LogP contribution in [0, 0.1) is 0 Å². The highest BCUT2D eigenvalue weighted by atomic mass is 127. The number of rotatable bonds is 8. The van der Waals surface area contributed by atoms with Crippen LogP contribution in [-0.2, 0) is 13.1 Å². The van der Waals surface area contributed by atoms with E-state index < -0.39 is 0 Å². The number of guanidine groups is 1. The maximum absolute atomic E-state index is 12.0. The van der Waals surface area contributed by atoms with Crippen LogP contribution in [-0.4, -0.2) is 41.8 Å². The number of carbonyl (C=O) groups is 1. The van der Waals surface area contributed by atoms with Crippen LogP contribution < -0.4 is 16.0 Å². The molecule has 8 heteroatoms. The summed E-state index contributed by atoms with van der Waals surface area (Å²) < 4.78 is 1.90. The predicted molar refractivity (Wildman–Crippen MR) is 130 cm³/mol. The largest absolute Gasteiger partial charge is 0.355 e. The van der Waals surface area contributed by atoms with Gasteiger partial charge < -0.3 is 16.0 Å². The zero-order valence-electron chi connectivity index (χ0n) is 16.9. The molecule has 3 aromatic rings. The van der Waals surface area contributed by atoms with Crippen LogP contribution in [0.15, 0.2) is 78.0 Å². The quantitative estimate of drug-likeness (QED) is 0.185. The number of benzene rings is 2. The van der Waals surface area contributed by atoms with Gasteiger partial charge in [0.05, 0.1) is 6.54 Å². The number of hydrogen-bond donors (Lipinski definition) is 3. The molecule has 3 N–H and O–H groups in total. The summed E-state index contributed by atoms with van der Waals surface area (Å²) >= 11 is 0. The molecule has 0 radical (unpaired) electrons. The van der Waals surface area contributed by atoms with Gasteiger partial charge in [-0.1, -0.05) is 42.5 Å². The minimum atomic E-state index is -0.0807. The Bertz CT molecular complexity index is 928. The molecule has 7 nitrogen and oxygen atoms in total. The van der Waals surface area contributed by atoms with E-state index in [-0.39, 0.29) is 29.9 Å². The van der Waals surface area contributed by atoms with Crippen molar-refractivity contribution >= 4 is 35.8 Å². The lowest BCUT2D eigenvalue weighted by molar-refractivity contribution is 0.0954.